The first kappa shape index (κ1) is 17.1. The molecule has 3 aromatic rings. The third-order valence-corrected chi connectivity index (χ3v) is 5.47. The van der Waals surface area contributed by atoms with Gasteiger partial charge in [0, 0.05) is 17.8 Å². The topological polar surface area (TPSA) is 72.2 Å². The molecular weight excluding hydrogens is 328 g/mol. The van der Waals surface area contributed by atoms with E-state index in [4.69, 9.17) is 9.72 Å². The minimum Gasteiger partial charge on any atom is -0.497 e. The summed E-state index contributed by atoms with van der Waals surface area (Å²) in [4.78, 5) is 4.79. The summed E-state index contributed by atoms with van der Waals surface area (Å²) < 4.78 is 7.28. The second-order valence-corrected chi connectivity index (χ2v) is 7.05. The maximum Gasteiger partial charge on any atom is 0.160 e. The van der Waals surface area contributed by atoms with Gasteiger partial charge in [-0.15, -0.1) is 0 Å². The van der Waals surface area contributed by atoms with E-state index in [1.807, 2.05) is 29.1 Å². The van der Waals surface area contributed by atoms with Crippen LogP contribution in [0.3, 0.4) is 0 Å². The molecule has 26 heavy (non-hydrogen) atoms. The van der Waals surface area contributed by atoms with Crippen LogP contribution in [0.25, 0.3) is 21.9 Å². The number of pyridine rings is 1. The van der Waals surface area contributed by atoms with Crippen molar-refractivity contribution in [3.63, 3.8) is 0 Å². The molecule has 2 N–H and O–H groups in total. The van der Waals surface area contributed by atoms with Crippen molar-refractivity contribution in [3.05, 3.63) is 24.4 Å². The summed E-state index contributed by atoms with van der Waals surface area (Å²) in [6.07, 6.45) is 7.05. The van der Waals surface area contributed by atoms with Gasteiger partial charge in [0.2, 0.25) is 0 Å². The molecule has 1 fully saturated rings. The first-order valence-electron chi connectivity index (χ1n) is 9.49. The molecule has 6 nitrogen and oxygen atoms in total. The number of fused-ring (bicyclic) bond motifs is 2. The van der Waals surface area contributed by atoms with Gasteiger partial charge in [-0.05, 0) is 38.0 Å². The van der Waals surface area contributed by atoms with E-state index in [0.717, 1.165) is 52.8 Å². The third-order valence-electron chi connectivity index (χ3n) is 5.47. The highest BCUT2D eigenvalue weighted by Gasteiger charge is 2.24. The molecule has 0 saturated heterocycles. The lowest BCUT2D eigenvalue weighted by Crippen LogP contribution is -2.30. The number of rotatable bonds is 5. The Morgan fingerprint density at radius 2 is 2.08 bits per heavy atom. The van der Waals surface area contributed by atoms with Gasteiger partial charge >= 0.3 is 0 Å². The van der Waals surface area contributed by atoms with Crippen LogP contribution >= 0.6 is 0 Å². The molecule has 2 heterocycles. The highest BCUT2D eigenvalue weighted by molar-refractivity contribution is 6.06. The number of aryl methyl sites for hydroxylation is 1. The van der Waals surface area contributed by atoms with Crippen molar-refractivity contribution < 1.29 is 9.84 Å². The van der Waals surface area contributed by atoms with Crippen LogP contribution in [0.2, 0.25) is 0 Å². The van der Waals surface area contributed by atoms with Gasteiger partial charge < -0.3 is 15.2 Å². The van der Waals surface area contributed by atoms with Crippen molar-refractivity contribution in [3.8, 4) is 5.75 Å². The van der Waals surface area contributed by atoms with E-state index in [9.17, 15) is 5.11 Å². The van der Waals surface area contributed by atoms with Crippen molar-refractivity contribution >= 4 is 27.6 Å². The van der Waals surface area contributed by atoms with Gasteiger partial charge in [-0.1, -0.05) is 19.3 Å². The number of ether oxygens (including phenoxy) is 1. The Bertz CT molecular complexity index is 915. The average molecular weight is 354 g/mol. The maximum atomic E-state index is 10.8. The summed E-state index contributed by atoms with van der Waals surface area (Å²) in [5.41, 5.74) is 2.59. The van der Waals surface area contributed by atoms with Gasteiger partial charge in [-0.25, -0.2) is 9.67 Å². The van der Waals surface area contributed by atoms with Crippen LogP contribution in [0.15, 0.2) is 24.4 Å². The van der Waals surface area contributed by atoms with Gasteiger partial charge in [-0.3, -0.25) is 0 Å². The number of aliphatic hydroxyl groups excluding tert-OH is 1. The summed E-state index contributed by atoms with van der Waals surface area (Å²) in [5.74, 6) is 1.06. The number of methoxy groups -OCH3 is 1. The number of anilines is 1. The first-order valence-corrected chi connectivity index (χ1v) is 9.49. The largest absolute Gasteiger partial charge is 0.497 e. The molecule has 1 atom stereocenters. The summed E-state index contributed by atoms with van der Waals surface area (Å²) >= 11 is 0. The minimum absolute atomic E-state index is 0.286. The normalized spacial score (nSPS) is 16.9. The number of hydrogen-bond donors (Lipinski definition) is 2. The smallest absolute Gasteiger partial charge is 0.160 e. The van der Waals surface area contributed by atoms with E-state index >= 15 is 0 Å². The molecule has 138 valence electrons. The fourth-order valence-corrected chi connectivity index (χ4v) is 3.97. The standard InChI is InChI=1S/C20H26N4O2/c1-3-24-19-16(12-21-24)18(23-20(25)13-7-5-4-6-8-13)15-11-14(26-2)9-10-17(15)22-19/h9-13,20,25H,3-8H2,1-2H3,(H,22,23). The van der Waals surface area contributed by atoms with Crippen molar-refractivity contribution in [2.75, 3.05) is 12.4 Å². The molecule has 2 aromatic heterocycles. The van der Waals surface area contributed by atoms with Crippen LogP contribution in [0.5, 0.6) is 5.75 Å². The second-order valence-electron chi connectivity index (χ2n) is 7.05. The third kappa shape index (κ3) is 2.98. The summed E-state index contributed by atoms with van der Waals surface area (Å²) in [6.45, 7) is 2.80. The van der Waals surface area contributed by atoms with Crippen LogP contribution in [0.4, 0.5) is 5.69 Å². The van der Waals surface area contributed by atoms with Crippen LogP contribution < -0.4 is 10.1 Å². The van der Waals surface area contributed by atoms with Crippen molar-refractivity contribution in [1.82, 2.24) is 14.8 Å². The maximum absolute atomic E-state index is 10.8. The zero-order chi connectivity index (χ0) is 18.1. The highest BCUT2D eigenvalue weighted by Crippen LogP contribution is 2.35. The Morgan fingerprint density at radius 1 is 1.27 bits per heavy atom. The predicted octanol–water partition coefficient (Wildman–Crippen LogP) is 3.92. The monoisotopic (exact) mass is 354 g/mol. The van der Waals surface area contributed by atoms with E-state index in [-0.39, 0.29) is 5.92 Å². The van der Waals surface area contributed by atoms with Gasteiger partial charge in [0.15, 0.2) is 5.65 Å². The van der Waals surface area contributed by atoms with Crippen molar-refractivity contribution in [2.45, 2.75) is 51.8 Å². The molecule has 1 aliphatic rings. The fraction of sp³-hybridized carbons (Fsp3) is 0.500. The van der Waals surface area contributed by atoms with E-state index in [1.165, 1.54) is 19.3 Å². The fourth-order valence-electron chi connectivity index (χ4n) is 3.97. The molecule has 6 heteroatoms. The Labute approximate surface area is 153 Å². The molecule has 1 aliphatic carbocycles. The van der Waals surface area contributed by atoms with Crippen LogP contribution in [-0.4, -0.2) is 33.2 Å². The Balaban J connectivity index is 1.83. The first-order chi connectivity index (χ1) is 12.7. The van der Waals surface area contributed by atoms with Gasteiger partial charge in [-0.2, -0.15) is 5.10 Å². The molecule has 4 rings (SSSR count). The zero-order valence-corrected chi connectivity index (χ0v) is 15.4. The minimum atomic E-state index is -0.569. The molecular formula is C20H26N4O2. The molecule has 1 aromatic carbocycles. The van der Waals surface area contributed by atoms with Crippen molar-refractivity contribution in [2.24, 2.45) is 5.92 Å². The second kappa shape index (κ2) is 7.11. The Kier molecular flexibility index (Phi) is 4.68. The number of aromatic nitrogens is 3. The lowest BCUT2D eigenvalue weighted by molar-refractivity contribution is 0.109. The highest BCUT2D eigenvalue weighted by atomic mass is 16.5. The Hall–Kier alpha value is -2.34. The average Bonchev–Trinajstić information content (AvgIpc) is 3.10. The number of aliphatic hydroxyl groups is 1. The molecule has 0 amide bonds. The Morgan fingerprint density at radius 3 is 2.81 bits per heavy atom. The summed E-state index contributed by atoms with van der Waals surface area (Å²) in [7, 11) is 1.66. The molecule has 0 bridgehead atoms. The lowest BCUT2D eigenvalue weighted by atomic mass is 9.88. The number of benzene rings is 1. The van der Waals surface area contributed by atoms with Crippen LogP contribution in [0.1, 0.15) is 39.0 Å². The molecule has 1 unspecified atom stereocenters. The number of nitrogens with one attached hydrogen (secondary N) is 1. The van der Waals surface area contributed by atoms with E-state index in [1.54, 1.807) is 7.11 Å². The van der Waals surface area contributed by atoms with Gasteiger partial charge in [0.1, 0.15) is 12.0 Å². The number of hydrogen-bond acceptors (Lipinski definition) is 5. The van der Waals surface area contributed by atoms with Gasteiger partial charge in [0.25, 0.3) is 0 Å². The van der Waals surface area contributed by atoms with E-state index in [2.05, 4.69) is 17.3 Å². The van der Waals surface area contributed by atoms with Crippen LogP contribution in [-0.2, 0) is 6.54 Å². The summed E-state index contributed by atoms with van der Waals surface area (Å²) in [5, 5.41) is 20.6. The molecule has 0 radical (unpaired) electrons. The molecule has 0 spiro atoms. The van der Waals surface area contributed by atoms with E-state index < -0.39 is 6.23 Å². The van der Waals surface area contributed by atoms with Gasteiger partial charge in [0.05, 0.1) is 29.9 Å². The van der Waals surface area contributed by atoms with Crippen LogP contribution in [0, 0.1) is 5.92 Å². The number of nitrogens with zero attached hydrogens (tertiary/aromatic N) is 3. The lowest BCUT2D eigenvalue weighted by Gasteiger charge is -2.28. The van der Waals surface area contributed by atoms with E-state index in [0.29, 0.717) is 0 Å². The molecule has 1 saturated carbocycles. The SMILES string of the molecule is CCn1ncc2c(NC(O)C3CCCCC3)c3cc(OC)ccc3nc21. The summed E-state index contributed by atoms with van der Waals surface area (Å²) in [6, 6.07) is 5.84. The predicted molar refractivity (Wildman–Crippen MR) is 103 cm³/mol. The zero-order valence-electron chi connectivity index (χ0n) is 15.4. The van der Waals surface area contributed by atoms with Crippen molar-refractivity contribution in [1.29, 1.82) is 0 Å². The molecule has 0 aliphatic heterocycles. The quantitative estimate of drug-likeness (QED) is 0.680.